The van der Waals surface area contributed by atoms with E-state index in [2.05, 4.69) is 24.5 Å². The fraction of sp³-hybridized carbons (Fsp3) is 0.611. The molecule has 0 aromatic heterocycles. The van der Waals surface area contributed by atoms with Crippen LogP contribution < -0.4 is 10.6 Å². The fourth-order valence-corrected chi connectivity index (χ4v) is 2.88. The van der Waals surface area contributed by atoms with Crippen LogP contribution in [-0.2, 0) is 0 Å². The summed E-state index contributed by atoms with van der Waals surface area (Å²) in [5.41, 5.74) is 2.26. The number of anilines is 1. The smallest absolute Gasteiger partial charge is 0.251 e. The van der Waals surface area contributed by atoms with Gasteiger partial charge in [-0.05, 0) is 63.1 Å². The van der Waals surface area contributed by atoms with Gasteiger partial charge in [0.1, 0.15) is 0 Å². The Bertz CT molecular complexity index is 484. The predicted octanol–water partition coefficient (Wildman–Crippen LogP) is 4.21. The van der Waals surface area contributed by atoms with E-state index in [0.29, 0.717) is 11.5 Å². The Kier molecular flexibility index (Phi) is 4.92. The minimum atomic E-state index is -0.00146. The van der Waals surface area contributed by atoms with Crippen molar-refractivity contribution in [2.24, 2.45) is 5.41 Å². The topological polar surface area (TPSA) is 41.1 Å². The molecule has 116 valence electrons. The SMILES string of the molecule is CC(C)NC(=O)c1cccc(NC2CCC(C)(C)CC2)c1. The highest BCUT2D eigenvalue weighted by Crippen LogP contribution is 2.36. The molecule has 0 saturated heterocycles. The molecule has 0 aliphatic heterocycles. The van der Waals surface area contributed by atoms with E-state index in [1.807, 2.05) is 38.1 Å². The van der Waals surface area contributed by atoms with E-state index in [4.69, 9.17) is 0 Å². The van der Waals surface area contributed by atoms with Gasteiger partial charge in [0.25, 0.3) is 5.91 Å². The summed E-state index contributed by atoms with van der Waals surface area (Å²) in [4.78, 5) is 12.0. The lowest BCUT2D eigenvalue weighted by Crippen LogP contribution is -2.31. The average Bonchev–Trinajstić information content (AvgIpc) is 2.41. The molecule has 1 fully saturated rings. The Hall–Kier alpha value is -1.51. The maximum Gasteiger partial charge on any atom is 0.251 e. The molecular weight excluding hydrogens is 260 g/mol. The molecule has 0 unspecified atom stereocenters. The first-order chi connectivity index (χ1) is 9.85. The number of carbonyl (C=O) groups is 1. The molecule has 2 N–H and O–H groups in total. The van der Waals surface area contributed by atoms with Crippen LogP contribution in [0.15, 0.2) is 24.3 Å². The van der Waals surface area contributed by atoms with Gasteiger partial charge in [-0.25, -0.2) is 0 Å². The summed E-state index contributed by atoms with van der Waals surface area (Å²) < 4.78 is 0. The van der Waals surface area contributed by atoms with E-state index >= 15 is 0 Å². The van der Waals surface area contributed by atoms with Crippen molar-refractivity contribution in [2.45, 2.75) is 65.5 Å². The molecule has 0 bridgehead atoms. The van der Waals surface area contributed by atoms with Gasteiger partial charge in [0, 0.05) is 23.3 Å². The molecule has 1 saturated carbocycles. The Morgan fingerprint density at radius 3 is 2.52 bits per heavy atom. The molecule has 0 atom stereocenters. The van der Waals surface area contributed by atoms with Gasteiger partial charge in [0.2, 0.25) is 0 Å². The normalized spacial score (nSPS) is 18.5. The Morgan fingerprint density at radius 2 is 1.90 bits per heavy atom. The van der Waals surface area contributed by atoms with Crippen molar-refractivity contribution in [1.29, 1.82) is 0 Å². The van der Waals surface area contributed by atoms with Crippen LogP contribution in [0.5, 0.6) is 0 Å². The van der Waals surface area contributed by atoms with Crippen molar-refractivity contribution >= 4 is 11.6 Å². The highest BCUT2D eigenvalue weighted by atomic mass is 16.1. The summed E-state index contributed by atoms with van der Waals surface area (Å²) in [7, 11) is 0. The lowest BCUT2D eigenvalue weighted by atomic mass is 9.75. The van der Waals surface area contributed by atoms with Gasteiger partial charge in [-0.2, -0.15) is 0 Å². The minimum absolute atomic E-state index is 0.00146. The van der Waals surface area contributed by atoms with Gasteiger partial charge in [-0.3, -0.25) is 4.79 Å². The maximum atomic E-state index is 12.0. The summed E-state index contributed by atoms with van der Waals surface area (Å²) in [6, 6.07) is 8.51. The van der Waals surface area contributed by atoms with E-state index in [0.717, 1.165) is 11.3 Å². The van der Waals surface area contributed by atoms with Gasteiger partial charge in [0.05, 0.1) is 0 Å². The van der Waals surface area contributed by atoms with Gasteiger partial charge in [-0.15, -0.1) is 0 Å². The van der Waals surface area contributed by atoms with Crippen LogP contribution >= 0.6 is 0 Å². The molecule has 1 aromatic carbocycles. The zero-order valence-corrected chi connectivity index (χ0v) is 13.7. The van der Waals surface area contributed by atoms with Crippen molar-refractivity contribution in [3.8, 4) is 0 Å². The molecule has 0 spiro atoms. The zero-order chi connectivity index (χ0) is 15.5. The van der Waals surface area contributed by atoms with E-state index in [9.17, 15) is 4.79 Å². The molecular formula is C18H28N2O. The Balaban J connectivity index is 1.97. The summed E-state index contributed by atoms with van der Waals surface area (Å²) >= 11 is 0. The number of benzene rings is 1. The molecule has 3 heteroatoms. The number of hydrogen-bond acceptors (Lipinski definition) is 2. The second-order valence-electron chi connectivity index (χ2n) is 7.29. The quantitative estimate of drug-likeness (QED) is 0.871. The molecule has 3 nitrogen and oxygen atoms in total. The van der Waals surface area contributed by atoms with Gasteiger partial charge < -0.3 is 10.6 Å². The number of nitrogens with one attached hydrogen (secondary N) is 2. The molecule has 1 aliphatic carbocycles. The van der Waals surface area contributed by atoms with Crippen molar-refractivity contribution in [3.63, 3.8) is 0 Å². The molecule has 0 heterocycles. The van der Waals surface area contributed by atoms with Gasteiger partial charge in [-0.1, -0.05) is 19.9 Å². The third-order valence-electron chi connectivity index (χ3n) is 4.25. The van der Waals surface area contributed by atoms with Crippen LogP contribution in [0.25, 0.3) is 0 Å². The summed E-state index contributed by atoms with van der Waals surface area (Å²) in [5.74, 6) is -0.00146. The van der Waals surface area contributed by atoms with E-state index in [1.54, 1.807) is 0 Å². The molecule has 0 radical (unpaired) electrons. The predicted molar refractivity (Wildman–Crippen MR) is 88.7 cm³/mol. The van der Waals surface area contributed by atoms with Crippen LogP contribution in [0.3, 0.4) is 0 Å². The molecule has 1 aromatic rings. The van der Waals surface area contributed by atoms with Crippen molar-refractivity contribution in [1.82, 2.24) is 5.32 Å². The Labute approximate surface area is 128 Å². The lowest BCUT2D eigenvalue weighted by Gasteiger charge is -2.35. The van der Waals surface area contributed by atoms with Crippen LogP contribution in [0.1, 0.15) is 63.7 Å². The third-order valence-corrected chi connectivity index (χ3v) is 4.25. The van der Waals surface area contributed by atoms with Gasteiger partial charge in [0.15, 0.2) is 0 Å². The summed E-state index contributed by atoms with van der Waals surface area (Å²) in [6.45, 7) is 8.65. The second-order valence-corrected chi connectivity index (χ2v) is 7.29. The first kappa shape index (κ1) is 15.9. The maximum absolute atomic E-state index is 12.0. The second kappa shape index (κ2) is 6.50. The van der Waals surface area contributed by atoms with Gasteiger partial charge >= 0.3 is 0 Å². The van der Waals surface area contributed by atoms with Crippen LogP contribution in [0.4, 0.5) is 5.69 Å². The highest BCUT2D eigenvalue weighted by Gasteiger charge is 2.26. The molecule has 2 rings (SSSR count). The first-order valence-corrected chi connectivity index (χ1v) is 8.03. The third kappa shape index (κ3) is 4.76. The largest absolute Gasteiger partial charge is 0.382 e. The highest BCUT2D eigenvalue weighted by molar-refractivity contribution is 5.95. The Morgan fingerprint density at radius 1 is 1.24 bits per heavy atom. The van der Waals surface area contributed by atoms with E-state index in [-0.39, 0.29) is 11.9 Å². The van der Waals surface area contributed by atoms with Crippen LogP contribution in [0.2, 0.25) is 0 Å². The summed E-state index contributed by atoms with van der Waals surface area (Å²) in [6.07, 6.45) is 4.93. The molecule has 1 aliphatic rings. The van der Waals surface area contributed by atoms with Crippen LogP contribution in [-0.4, -0.2) is 18.0 Å². The molecule has 1 amide bonds. The summed E-state index contributed by atoms with van der Waals surface area (Å²) in [5, 5.41) is 6.52. The average molecular weight is 288 g/mol. The number of carbonyl (C=O) groups excluding carboxylic acids is 1. The first-order valence-electron chi connectivity index (χ1n) is 8.03. The molecule has 21 heavy (non-hydrogen) atoms. The van der Waals surface area contributed by atoms with Crippen molar-refractivity contribution < 1.29 is 4.79 Å². The van der Waals surface area contributed by atoms with Crippen molar-refractivity contribution in [3.05, 3.63) is 29.8 Å². The van der Waals surface area contributed by atoms with Crippen molar-refractivity contribution in [2.75, 3.05) is 5.32 Å². The lowest BCUT2D eigenvalue weighted by molar-refractivity contribution is 0.0943. The zero-order valence-electron chi connectivity index (χ0n) is 13.7. The standard InChI is InChI=1S/C18H28N2O/c1-13(2)19-17(21)14-6-5-7-16(12-14)20-15-8-10-18(3,4)11-9-15/h5-7,12-13,15,20H,8-11H2,1-4H3,(H,19,21). The van der Waals surface area contributed by atoms with Crippen LogP contribution in [0, 0.1) is 5.41 Å². The monoisotopic (exact) mass is 288 g/mol. The van der Waals surface area contributed by atoms with E-state index < -0.39 is 0 Å². The van der Waals surface area contributed by atoms with E-state index in [1.165, 1.54) is 25.7 Å². The number of hydrogen-bond donors (Lipinski definition) is 2. The number of amides is 1. The minimum Gasteiger partial charge on any atom is -0.382 e. The number of rotatable bonds is 4. The fourth-order valence-electron chi connectivity index (χ4n) is 2.88.